The van der Waals surface area contributed by atoms with Gasteiger partial charge in [0.05, 0.1) is 0 Å². The fourth-order valence-corrected chi connectivity index (χ4v) is 3.52. The lowest BCUT2D eigenvalue weighted by atomic mass is 9.90. The van der Waals surface area contributed by atoms with Crippen LogP contribution < -0.4 is 0 Å². The molecule has 1 nitrogen and oxygen atoms in total. The van der Waals surface area contributed by atoms with Crippen LogP contribution in [0, 0.1) is 11.8 Å². The standard InChI is InChI=1S/C23H29N.BrH/c1-2-3-8-20-12-14-21(15-13-20)9-6-7-17-24-18-16-22-10-4-5-11-23(22)19-24;/h12-16,18H,2-5,7-8,10-11,17,19H2,1H3;1H. The summed E-state index contributed by atoms with van der Waals surface area (Å²) < 4.78 is 0. The minimum Gasteiger partial charge on any atom is -0.372 e. The van der Waals surface area contributed by atoms with Crippen molar-refractivity contribution in [1.82, 2.24) is 4.90 Å². The predicted molar refractivity (Wildman–Crippen MR) is 113 cm³/mol. The molecule has 0 bridgehead atoms. The Morgan fingerprint density at radius 2 is 1.88 bits per heavy atom. The summed E-state index contributed by atoms with van der Waals surface area (Å²) in [5.74, 6) is 6.65. The molecule has 2 aliphatic rings. The van der Waals surface area contributed by atoms with Crippen molar-refractivity contribution < 1.29 is 0 Å². The number of aryl methyl sites for hydroxylation is 1. The highest BCUT2D eigenvalue weighted by Crippen LogP contribution is 2.29. The second-order valence-electron chi connectivity index (χ2n) is 6.97. The third kappa shape index (κ3) is 6.08. The van der Waals surface area contributed by atoms with Crippen LogP contribution >= 0.6 is 17.0 Å². The van der Waals surface area contributed by atoms with Crippen LogP contribution in [0.15, 0.2) is 47.7 Å². The second-order valence-corrected chi connectivity index (χ2v) is 6.97. The lowest BCUT2D eigenvalue weighted by molar-refractivity contribution is 0.396. The lowest BCUT2D eigenvalue weighted by Crippen LogP contribution is -2.25. The van der Waals surface area contributed by atoms with Crippen molar-refractivity contribution in [2.75, 3.05) is 13.1 Å². The molecule has 1 aromatic carbocycles. The van der Waals surface area contributed by atoms with Crippen molar-refractivity contribution in [2.24, 2.45) is 0 Å². The van der Waals surface area contributed by atoms with Crippen LogP contribution in [0.2, 0.25) is 0 Å². The highest BCUT2D eigenvalue weighted by molar-refractivity contribution is 8.93. The Hall–Kier alpha value is -1.46. The Kier molecular flexibility index (Phi) is 8.35. The van der Waals surface area contributed by atoms with Crippen LogP contribution in [0.3, 0.4) is 0 Å². The summed E-state index contributed by atoms with van der Waals surface area (Å²) in [5.41, 5.74) is 5.84. The van der Waals surface area contributed by atoms with Gasteiger partial charge in [-0.05, 0) is 79.6 Å². The molecule has 134 valence electrons. The molecule has 0 N–H and O–H groups in total. The van der Waals surface area contributed by atoms with Crippen LogP contribution in [0.5, 0.6) is 0 Å². The van der Waals surface area contributed by atoms with Gasteiger partial charge < -0.3 is 4.90 Å². The molecule has 3 rings (SSSR count). The van der Waals surface area contributed by atoms with E-state index in [-0.39, 0.29) is 17.0 Å². The summed E-state index contributed by atoms with van der Waals surface area (Å²) in [6, 6.07) is 8.78. The van der Waals surface area contributed by atoms with Crippen LogP contribution in [0.1, 0.15) is 63.0 Å². The lowest BCUT2D eigenvalue weighted by Gasteiger charge is -2.29. The minimum atomic E-state index is 0. The van der Waals surface area contributed by atoms with Crippen LogP contribution in [-0.4, -0.2) is 18.0 Å². The monoisotopic (exact) mass is 399 g/mol. The third-order valence-corrected chi connectivity index (χ3v) is 5.04. The molecule has 2 heteroatoms. The third-order valence-electron chi connectivity index (χ3n) is 5.04. The highest BCUT2D eigenvalue weighted by atomic mass is 79.9. The average molecular weight is 400 g/mol. The number of hydrogen-bond acceptors (Lipinski definition) is 1. The fourth-order valence-electron chi connectivity index (χ4n) is 3.52. The zero-order valence-electron chi connectivity index (χ0n) is 15.4. The van der Waals surface area contributed by atoms with Gasteiger partial charge in [0.1, 0.15) is 0 Å². The van der Waals surface area contributed by atoms with Crippen molar-refractivity contribution in [3.63, 3.8) is 0 Å². The zero-order chi connectivity index (χ0) is 16.6. The molecule has 0 atom stereocenters. The molecule has 0 fully saturated rings. The Bertz CT molecular complexity index is 658. The van der Waals surface area contributed by atoms with E-state index >= 15 is 0 Å². The maximum Gasteiger partial charge on any atom is 0.0389 e. The van der Waals surface area contributed by atoms with Crippen molar-refractivity contribution in [2.45, 2.75) is 58.3 Å². The van der Waals surface area contributed by atoms with E-state index in [4.69, 9.17) is 0 Å². The Morgan fingerprint density at radius 1 is 1.08 bits per heavy atom. The summed E-state index contributed by atoms with van der Waals surface area (Å²) in [6.45, 7) is 4.40. The molecule has 1 aliphatic carbocycles. The summed E-state index contributed by atoms with van der Waals surface area (Å²) in [7, 11) is 0. The summed E-state index contributed by atoms with van der Waals surface area (Å²) >= 11 is 0. The smallest absolute Gasteiger partial charge is 0.0389 e. The van der Waals surface area contributed by atoms with Gasteiger partial charge in [-0.15, -0.1) is 17.0 Å². The van der Waals surface area contributed by atoms with Crippen LogP contribution in [0.4, 0.5) is 0 Å². The van der Waals surface area contributed by atoms with Gasteiger partial charge in [0.2, 0.25) is 0 Å². The quantitative estimate of drug-likeness (QED) is 0.544. The first-order chi connectivity index (χ1) is 11.8. The molecule has 0 amide bonds. The second kappa shape index (κ2) is 10.5. The molecular weight excluding hydrogens is 370 g/mol. The number of hydrogen-bond donors (Lipinski definition) is 0. The Labute approximate surface area is 164 Å². The van der Waals surface area contributed by atoms with Gasteiger partial charge in [-0.3, -0.25) is 0 Å². The molecule has 0 radical (unpaired) electrons. The van der Waals surface area contributed by atoms with Crippen molar-refractivity contribution >= 4 is 17.0 Å². The van der Waals surface area contributed by atoms with Crippen molar-refractivity contribution in [3.05, 3.63) is 58.8 Å². The van der Waals surface area contributed by atoms with E-state index in [1.165, 1.54) is 50.5 Å². The molecule has 0 spiro atoms. The molecule has 0 saturated carbocycles. The normalized spacial score (nSPS) is 16.0. The van der Waals surface area contributed by atoms with E-state index in [2.05, 4.69) is 60.2 Å². The summed E-state index contributed by atoms with van der Waals surface area (Å²) in [5, 5.41) is 0. The van der Waals surface area contributed by atoms with Gasteiger partial charge in [0.25, 0.3) is 0 Å². The molecule has 1 heterocycles. The number of rotatable bonds is 5. The van der Waals surface area contributed by atoms with E-state index < -0.39 is 0 Å². The van der Waals surface area contributed by atoms with Crippen LogP contribution in [0.25, 0.3) is 0 Å². The van der Waals surface area contributed by atoms with E-state index in [0.29, 0.717) is 0 Å². The van der Waals surface area contributed by atoms with Crippen LogP contribution in [-0.2, 0) is 6.42 Å². The number of allylic oxidation sites excluding steroid dienone is 2. The summed E-state index contributed by atoms with van der Waals surface area (Å²) in [6.07, 6.45) is 14.6. The van der Waals surface area contributed by atoms with E-state index in [0.717, 1.165) is 25.1 Å². The molecule has 25 heavy (non-hydrogen) atoms. The molecule has 0 unspecified atom stereocenters. The molecular formula is C23H30BrN. The van der Waals surface area contributed by atoms with Crippen molar-refractivity contribution in [3.8, 4) is 11.8 Å². The van der Waals surface area contributed by atoms with Gasteiger partial charge >= 0.3 is 0 Å². The van der Waals surface area contributed by atoms with E-state index in [9.17, 15) is 0 Å². The first kappa shape index (κ1) is 19.9. The fraction of sp³-hybridized carbons (Fsp3) is 0.478. The largest absolute Gasteiger partial charge is 0.372 e. The molecule has 1 aliphatic heterocycles. The van der Waals surface area contributed by atoms with E-state index in [1.807, 2.05) is 0 Å². The first-order valence-corrected chi connectivity index (χ1v) is 9.56. The Balaban J connectivity index is 0.00000225. The molecule has 0 aromatic heterocycles. The Morgan fingerprint density at radius 3 is 2.68 bits per heavy atom. The number of benzene rings is 1. The minimum absolute atomic E-state index is 0. The van der Waals surface area contributed by atoms with Gasteiger partial charge in [0, 0.05) is 25.1 Å². The van der Waals surface area contributed by atoms with E-state index in [1.54, 1.807) is 11.1 Å². The van der Waals surface area contributed by atoms with Gasteiger partial charge in [0.15, 0.2) is 0 Å². The molecule has 0 saturated heterocycles. The SMILES string of the molecule is Br.CCCCc1ccc(C#CCCN2C=CC3=C(CCCC3)C2)cc1. The van der Waals surface area contributed by atoms with Gasteiger partial charge in [-0.25, -0.2) is 0 Å². The predicted octanol–water partition coefficient (Wildman–Crippen LogP) is 6.05. The van der Waals surface area contributed by atoms with Gasteiger partial charge in [-0.2, -0.15) is 0 Å². The first-order valence-electron chi connectivity index (χ1n) is 9.56. The number of nitrogens with zero attached hydrogens (tertiary/aromatic N) is 1. The maximum atomic E-state index is 3.34. The summed E-state index contributed by atoms with van der Waals surface area (Å²) in [4.78, 5) is 2.42. The topological polar surface area (TPSA) is 3.24 Å². The number of halogens is 1. The average Bonchev–Trinajstić information content (AvgIpc) is 2.64. The highest BCUT2D eigenvalue weighted by Gasteiger charge is 2.16. The van der Waals surface area contributed by atoms with Crippen molar-refractivity contribution in [1.29, 1.82) is 0 Å². The molecule has 1 aromatic rings. The maximum absolute atomic E-state index is 3.34. The van der Waals surface area contributed by atoms with Gasteiger partial charge in [-0.1, -0.05) is 37.3 Å². The number of unbranched alkanes of at least 4 members (excludes halogenated alkanes) is 1. The zero-order valence-corrected chi connectivity index (χ0v) is 17.1.